The van der Waals surface area contributed by atoms with E-state index in [1.807, 2.05) is 0 Å². The zero-order valence-corrected chi connectivity index (χ0v) is 11.3. The predicted molar refractivity (Wildman–Crippen MR) is 73.3 cm³/mol. The third-order valence-corrected chi connectivity index (χ3v) is 3.52. The van der Waals surface area contributed by atoms with Gasteiger partial charge in [-0.05, 0) is 25.5 Å². The summed E-state index contributed by atoms with van der Waals surface area (Å²) in [6.07, 6.45) is 4.57. The normalized spacial score (nSPS) is 21.0. The van der Waals surface area contributed by atoms with Gasteiger partial charge in [0.05, 0.1) is 5.56 Å². The number of hydrazine groups is 1. The summed E-state index contributed by atoms with van der Waals surface area (Å²) in [5, 5.41) is 0. The lowest BCUT2D eigenvalue weighted by atomic mass is 9.84. The molecule has 1 aromatic carbocycles. The lowest BCUT2D eigenvalue weighted by Crippen LogP contribution is -2.53. The van der Waals surface area contributed by atoms with Crippen molar-refractivity contribution in [2.45, 2.75) is 18.9 Å². The molecule has 0 amide bonds. The quantitative estimate of drug-likeness (QED) is 0.504. The molecule has 0 fully saturated rings. The molecule has 0 saturated heterocycles. The van der Waals surface area contributed by atoms with E-state index in [4.69, 9.17) is 5.84 Å². The molecule has 1 aliphatic carbocycles. The Kier molecular flexibility index (Phi) is 4.11. The van der Waals surface area contributed by atoms with Crippen molar-refractivity contribution in [1.29, 1.82) is 0 Å². The molecule has 21 heavy (non-hydrogen) atoms. The van der Waals surface area contributed by atoms with Crippen LogP contribution in [0.25, 0.3) is 0 Å². The van der Waals surface area contributed by atoms with E-state index in [1.165, 1.54) is 25.2 Å². The van der Waals surface area contributed by atoms with E-state index in [1.54, 1.807) is 0 Å². The molecule has 3 N–H and O–H groups in total. The van der Waals surface area contributed by atoms with Gasteiger partial charge in [-0.2, -0.15) is 0 Å². The van der Waals surface area contributed by atoms with Gasteiger partial charge in [-0.3, -0.25) is 15.4 Å². The summed E-state index contributed by atoms with van der Waals surface area (Å²) >= 11 is 0. The van der Waals surface area contributed by atoms with Crippen LogP contribution in [0.3, 0.4) is 0 Å². The minimum absolute atomic E-state index is 0.180. The first-order chi connectivity index (χ1) is 9.89. The van der Waals surface area contributed by atoms with Gasteiger partial charge in [0.25, 0.3) is 0 Å². The Bertz CT molecular complexity index is 668. The van der Waals surface area contributed by atoms with Crippen LogP contribution in [0.5, 0.6) is 0 Å². The van der Waals surface area contributed by atoms with Crippen LogP contribution in [0.4, 0.5) is 8.78 Å². The van der Waals surface area contributed by atoms with E-state index in [9.17, 15) is 18.4 Å². The first kappa shape index (κ1) is 15.2. The number of carbonyl (C=O) groups is 2. The Morgan fingerprint density at radius 3 is 2.52 bits per heavy atom. The maximum Gasteiger partial charge on any atom is 0.195 e. The van der Waals surface area contributed by atoms with Gasteiger partial charge in [0.2, 0.25) is 0 Å². The molecule has 0 bridgehead atoms. The highest BCUT2D eigenvalue weighted by Gasteiger charge is 2.33. The van der Waals surface area contributed by atoms with Gasteiger partial charge in [0.15, 0.2) is 11.6 Å². The zero-order valence-electron chi connectivity index (χ0n) is 11.3. The van der Waals surface area contributed by atoms with Crippen molar-refractivity contribution in [1.82, 2.24) is 5.43 Å². The summed E-state index contributed by atoms with van der Waals surface area (Å²) in [5.74, 6) is 2.93. The van der Waals surface area contributed by atoms with Crippen molar-refractivity contribution in [2.24, 2.45) is 5.84 Å². The predicted octanol–water partition coefficient (Wildman–Crippen LogP) is 1.82. The fourth-order valence-electron chi connectivity index (χ4n) is 2.11. The summed E-state index contributed by atoms with van der Waals surface area (Å²) in [6, 6.07) is 2.77. The van der Waals surface area contributed by atoms with Crippen molar-refractivity contribution in [3.63, 3.8) is 0 Å². The number of hydrogen-bond acceptors (Lipinski definition) is 4. The molecule has 2 rings (SSSR count). The molecule has 0 saturated carbocycles. The SMILES string of the molecule is CC(=O)C1(NN)C=CC(C(=O)c2ccc(F)cc2F)=CC1. The van der Waals surface area contributed by atoms with Crippen molar-refractivity contribution in [3.8, 4) is 0 Å². The molecule has 4 nitrogen and oxygen atoms in total. The Balaban J connectivity index is 2.27. The molecule has 1 atom stereocenters. The molecular weight excluding hydrogens is 278 g/mol. The van der Waals surface area contributed by atoms with Gasteiger partial charge >= 0.3 is 0 Å². The van der Waals surface area contributed by atoms with Crippen molar-refractivity contribution in [2.75, 3.05) is 0 Å². The highest BCUT2D eigenvalue weighted by molar-refractivity contribution is 6.11. The second-order valence-corrected chi connectivity index (χ2v) is 4.82. The fourth-order valence-corrected chi connectivity index (χ4v) is 2.11. The topological polar surface area (TPSA) is 72.2 Å². The molecule has 110 valence electrons. The largest absolute Gasteiger partial charge is 0.297 e. The monoisotopic (exact) mass is 292 g/mol. The molecule has 1 aliphatic rings. The number of halogens is 2. The highest BCUT2D eigenvalue weighted by Crippen LogP contribution is 2.24. The van der Waals surface area contributed by atoms with Gasteiger partial charge in [-0.25, -0.2) is 14.2 Å². The summed E-state index contributed by atoms with van der Waals surface area (Å²) < 4.78 is 26.5. The standard InChI is InChI=1S/C15H14F2N2O2/c1-9(20)15(19-18)6-4-10(5-7-15)14(21)12-3-2-11(16)8-13(12)17/h2-6,8,19H,7,18H2,1H3. The van der Waals surface area contributed by atoms with E-state index in [0.717, 1.165) is 12.1 Å². The number of Topliss-reactive ketones (excluding diaryl/α,β-unsaturated/α-hetero) is 2. The summed E-state index contributed by atoms with van der Waals surface area (Å²) in [7, 11) is 0. The molecule has 1 aromatic rings. The molecule has 0 radical (unpaired) electrons. The zero-order chi connectivity index (χ0) is 15.6. The van der Waals surface area contributed by atoms with Gasteiger partial charge in [-0.15, -0.1) is 0 Å². The lowest BCUT2D eigenvalue weighted by molar-refractivity contribution is -0.121. The number of allylic oxidation sites excluding steroid dienone is 2. The number of hydrogen-bond donors (Lipinski definition) is 2. The van der Waals surface area contributed by atoms with Crippen LogP contribution in [0.2, 0.25) is 0 Å². The third kappa shape index (κ3) is 2.81. The van der Waals surface area contributed by atoms with E-state index in [-0.39, 0.29) is 23.3 Å². The number of rotatable bonds is 4. The lowest BCUT2D eigenvalue weighted by Gasteiger charge is -2.28. The molecular formula is C15H14F2N2O2. The van der Waals surface area contributed by atoms with Crippen LogP contribution in [0.1, 0.15) is 23.7 Å². The first-order valence-corrected chi connectivity index (χ1v) is 6.27. The van der Waals surface area contributed by atoms with Gasteiger partial charge < -0.3 is 0 Å². The second-order valence-electron chi connectivity index (χ2n) is 4.82. The van der Waals surface area contributed by atoms with Crippen LogP contribution in [-0.4, -0.2) is 17.1 Å². The van der Waals surface area contributed by atoms with E-state index in [0.29, 0.717) is 6.07 Å². The van der Waals surface area contributed by atoms with Crippen LogP contribution in [-0.2, 0) is 4.79 Å². The van der Waals surface area contributed by atoms with Crippen LogP contribution < -0.4 is 11.3 Å². The molecule has 0 aliphatic heterocycles. The van der Waals surface area contributed by atoms with Crippen LogP contribution in [0.15, 0.2) is 42.0 Å². The number of nitrogens with one attached hydrogen (secondary N) is 1. The summed E-state index contributed by atoms with van der Waals surface area (Å²) in [4.78, 5) is 23.8. The van der Waals surface area contributed by atoms with Crippen LogP contribution >= 0.6 is 0 Å². The minimum atomic E-state index is -1.05. The van der Waals surface area contributed by atoms with Gasteiger partial charge in [0.1, 0.15) is 17.2 Å². The van der Waals surface area contributed by atoms with E-state index >= 15 is 0 Å². The third-order valence-electron chi connectivity index (χ3n) is 3.52. The van der Waals surface area contributed by atoms with Gasteiger partial charge in [0, 0.05) is 11.6 Å². The van der Waals surface area contributed by atoms with Gasteiger partial charge in [-0.1, -0.05) is 18.2 Å². The second kappa shape index (κ2) is 5.67. The molecule has 0 heterocycles. The number of nitrogens with two attached hydrogens (primary N) is 1. The Labute approximate surface area is 120 Å². The average Bonchev–Trinajstić information content (AvgIpc) is 2.46. The van der Waals surface area contributed by atoms with Crippen molar-refractivity contribution < 1.29 is 18.4 Å². The van der Waals surface area contributed by atoms with Crippen molar-refractivity contribution >= 4 is 11.6 Å². The average molecular weight is 292 g/mol. The molecule has 0 aromatic heterocycles. The summed E-state index contributed by atoms with van der Waals surface area (Å²) in [5.41, 5.74) is 1.38. The Hall–Kier alpha value is -2.18. The van der Waals surface area contributed by atoms with Crippen molar-refractivity contribution in [3.05, 3.63) is 59.2 Å². The molecule has 6 heteroatoms. The number of ketones is 2. The maximum absolute atomic E-state index is 13.6. The fraction of sp³-hybridized carbons (Fsp3) is 0.200. The Morgan fingerprint density at radius 2 is 2.05 bits per heavy atom. The first-order valence-electron chi connectivity index (χ1n) is 6.27. The van der Waals surface area contributed by atoms with E-state index in [2.05, 4.69) is 5.43 Å². The summed E-state index contributed by atoms with van der Waals surface area (Å²) in [6.45, 7) is 1.38. The number of carbonyl (C=O) groups excluding carboxylic acids is 2. The maximum atomic E-state index is 13.6. The molecule has 1 unspecified atom stereocenters. The Morgan fingerprint density at radius 1 is 1.33 bits per heavy atom. The van der Waals surface area contributed by atoms with Crippen LogP contribution in [0, 0.1) is 11.6 Å². The van der Waals surface area contributed by atoms with E-state index < -0.39 is 23.0 Å². The smallest absolute Gasteiger partial charge is 0.195 e. The number of benzene rings is 1. The minimum Gasteiger partial charge on any atom is -0.297 e. The highest BCUT2D eigenvalue weighted by atomic mass is 19.1. The molecule has 0 spiro atoms.